The van der Waals surface area contributed by atoms with Crippen molar-refractivity contribution in [2.75, 3.05) is 36.0 Å². The van der Waals surface area contributed by atoms with Crippen LogP contribution in [0.25, 0.3) is 33.4 Å². The molecular formula is C35H30N4O. The summed E-state index contributed by atoms with van der Waals surface area (Å²) in [5, 5.41) is 3.41. The molecule has 5 heteroatoms. The van der Waals surface area contributed by atoms with E-state index in [4.69, 9.17) is 9.40 Å². The molecule has 1 N–H and O–H groups in total. The fourth-order valence-corrected chi connectivity index (χ4v) is 5.48. The van der Waals surface area contributed by atoms with E-state index in [2.05, 4.69) is 118 Å². The summed E-state index contributed by atoms with van der Waals surface area (Å²) in [5.41, 5.74) is 10.4. The lowest BCUT2D eigenvalue weighted by Crippen LogP contribution is -2.43. The summed E-state index contributed by atoms with van der Waals surface area (Å²) in [6.07, 6.45) is 3.77. The van der Waals surface area contributed by atoms with Crippen molar-refractivity contribution in [3.63, 3.8) is 0 Å². The molecule has 1 fully saturated rings. The molecule has 5 nitrogen and oxygen atoms in total. The van der Waals surface area contributed by atoms with Gasteiger partial charge in [-0.05, 0) is 65.7 Å². The van der Waals surface area contributed by atoms with Crippen molar-refractivity contribution in [3.8, 4) is 22.3 Å². The molecule has 2 aromatic heterocycles. The van der Waals surface area contributed by atoms with Gasteiger partial charge in [0.2, 0.25) is 0 Å². The van der Waals surface area contributed by atoms with Crippen molar-refractivity contribution < 1.29 is 4.42 Å². The minimum absolute atomic E-state index is 0.784. The molecule has 6 aromatic rings. The molecule has 1 saturated heterocycles. The van der Waals surface area contributed by atoms with Gasteiger partial charge in [-0.1, -0.05) is 60.7 Å². The van der Waals surface area contributed by atoms with E-state index in [-0.39, 0.29) is 0 Å². The minimum atomic E-state index is 0.784. The van der Waals surface area contributed by atoms with E-state index in [0.717, 1.165) is 76.6 Å². The second kappa shape index (κ2) is 10.7. The Morgan fingerprint density at radius 2 is 1.32 bits per heavy atom. The summed E-state index contributed by atoms with van der Waals surface area (Å²) in [5.74, 6) is 0. The summed E-state index contributed by atoms with van der Waals surface area (Å²) < 4.78 is 6.06. The highest BCUT2D eigenvalue weighted by atomic mass is 16.3. The van der Waals surface area contributed by atoms with Crippen LogP contribution in [0.1, 0.15) is 0 Å². The van der Waals surface area contributed by atoms with Gasteiger partial charge in [0.25, 0.3) is 0 Å². The summed E-state index contributed by atoms with van der Waals surface area (Å²) in [6.45, 7) is 4.14. The molecule has 0 bridgehead atoms. The maximum Gasteiger partial charge on any atom is 0.153 e. The van der Waals surface area contributed by atoms with Crippen LogP contribution < -0.4 is 15.1 Å². The van der Waals surface area contributed by atoms with Crippen LogP contribution in [0.4, 0.5) is 22.7 Å². The van der Waals surface area contributed by atoms with Crippen molar-refractivity contribution in [2.45, 2.75) is 0 Å². The third-order valence-electron chi connectivity index (χ3n) is 7.54. The van der Waals surface area contributed by atoms with Gasteiger partial charge in [-0.15, -0.1) is 0 Å². The van der Waals surface area contributed by atoms with Gasteiger partial charge in [-0.25, -0.2) is 0 Å². The lowest BCUT2D eigenvalue weighted by atomic mass is 10.0. The van der Waals surface area contributed by atoms with E-state index in [1.54, 1.807) is 0 Å². The van der Waals surface area contributed by atoms with Crippen LogP contribution in [-0.4, -0.2) is 31.2 Å². The van der Waals surface area contributed by atoms with E-state index in [1.165, 1.54) is 5.69 Å². The van der Waals surface area contributed by atoms with E-state index < -0.39 is 0 Å². The number of hydrogen-bond acceptors (Lipinski definition) is 5. The zero-order valence-electron chi connectivity index (χ0n) is 22.2. The van der Waals surface area contributed by atoms with Gasteiger partial charge in [0.05, 0.1) is 0 Å². The first-order chi connectivity index (χ1) is 19.8. The maximum absolute atomic E-state index is 6.06. The SMILES string of the molecule is c1ccc(N(c2ccccc2)c2cccc(-c3coc4cc(-c5ccc(N6CCNCC6)cc5)cnc34)c2)cc1. The molecule has 0 amide bonds. The lowest BCUT2D eigenvalue weighted by Gasteiger charge is -2.29. The lowest BCUT2D eigenvalue weighted by molar-refractivity contribution is 0.589. The van der Waals surface area contributed by atoms with Crippen LogP contribution >= 0.6 is 0 Å². The van der Waals surface area contributed by atoms with Crippen molar-refractivity contribution in [1.29, 1.82) is 0 Å². The predicted octanol–water partition coefficient (Wildman–Crippen LogP) is 8.04. The number of furan rings is 1. The molecule has 196 valence electrons. The van der Waals surface area contributed by atoms with Crippen LogP contribution in [0, 0.1) is 0 Å². The number of para-hydroxylation sites is 2. The largest absolute Gasteiger partial charge is 0.462 e. The van der Waals surface area contributed by atoms with E-state index >= 15 is 0 Å². The zero-order chi connectivity index (χ0) is 26.7. The van der Waals surface area contributed by atoms with Crippen molar-refractivity contribution in [2.24, 2.45) is 0 Å². The quantitative estimate of drug-likeness (QED) is 0.240. The molecule has 3 heterocycles. The summed E-state index contributed by atoms with van der Waals surface area (Å²) in [6, 6.07) is 40.3. The van der Waals surface area contributed by atoms with Gasteiger partial charge in [-0.2, -0.15) is 0 Å². The Balaban J connectivity index is 1.21. The summed E-state index contributed by atoms with van der Waals surface area (Å²) in [7, 11) is 0. The molecule has 0 saturated carbocycles. The molecular weight excluding hydrogens is 492 g/mol. The Morgan fingerprint density at radius 1 is 0.650 bits per heavy atom. The number of hydrogen-bond donors (Lipinski definition) is 1. The molecule has 0 atom stereocenters. The molecule has 0 aliphatic carbocycles. The zero-order valence-corrected chi connectivity index (χ0v) is 22.2. The minimum Gasteiger partial charge on any atom is -0.462 e. The predicted molar refractivity (Wildman–Crippen MR) is 165 cm³/mol. The number of benzene rings is 4. The molecule has 1 aliphatic rings. The first kappa shape index (κ1) is 24.2. The van der Waals surface area contributed by atoms with Crippen LogP contribution in [0.15, 0.2) is 132 Å². The Hall–Kier alpha value is -4.87. The number of nitrogens with one attached hydrogen (secondary N) is 1. The number of pyridine rings is 1. The Bertz CT molecular complexity index is 1680. The standard InChI is InChI=1S/C35H30N4O/c1-3-9-30(10-4-1)39(31-11-5-2-6-12-31)32-13-7-8-27(22-32)33-25-40-34-23-28(24-37-35(33)34)26-14-16-29(17-15-26)38-20-18-36-19-21-38/h1-17,22-25,36H,18-21H2. The van der Waals surface area contributed by atoms with Crippen molar-refractivity contribution >= 4 is 33.8 Å². The number of anilines is 4. The van der Waals surface area contributed by atoms with Gasteiger partial charge in [0, 0.05) is 66.3 Å². The number of nitrogens with zero attached hydrogens (tertiary/aromatic N) is 3. The molecule has 0 spiro atoms. The Labute approximate surface area is 234 Å². The second-order valence-corrected chi connectivity index (χ2v) is 10.1. The highest BCUT2D eigenvalue weighted by Crippen LogP contribution is 2.38. The molecule has 0 radical (unpaired) electrons. The molecule has 0 unspecified atom stereocenters. The maximum atomic E-state index is 6.06. The number of aromatic nitrogens is 1. The summed E-state index contributed by atoms with van der Waals surface area (Å²) >= 11 is 0. The van der Waals surface area contributed by atoms with Crippen LogP contribution in [0.5, 0.6) is 0 Å². The van der Waals surface area contributed by atoms with Crippen molar-refractivity contribution in [1.82, 2.24) is 10.3 Å². The average Bonchev–Trinajstić information content (AvgIpc) is 3.46. The molecule has 7 rings (SSSR count). The first-order valence-corrected chi connectivity index (χ1v) is 13.8. The number of fused-ring (bicyclic) bond motifs is 1. The smallest absolute Gasteiger partial charge is 0.153 e. The van der Waals surface area contributed by atoms with E-state index in [0.29, 0.717) is 0 Å². The topological polar surface area (TPSA) is 44.5 Å². The fraction of sp³-hybridized carbons (Fsp3) is 0.114. The molecule has 40 heavy (non-hydrogen) atoms. The summed E-state index contributed by atoms with van der Waals surface area (Å²) in [4.78, 5) is 9.56. The Morgan fingerprint density at radius 3 is 2.02 bits per heavy atom. The highest BCUT2D eigenvalue weighted by molar-refractivity contribution is 5.93. The van der Waals surface area contributed by atoms with Gasteiger partial charge in [0.15, 0.2) is 5.58 Å². The van der Waals surface area contributed by atoms with E-state index in [9.17, 15) is 0 Å². The molecule has 1 aliphatic heterocycles. The molecule has 4 aromatic carbocycles. The van der Waals surface area contributed by atoms with Crippen LogP contribution in [-0.2, 0) is 0 Å². The van der Waals surface area contributed by atoms with Gasteiger partial charge < -0.3 is 19.5 Å². The van der Waals surface area contributed by atoms with Gasteiger partial charge in [-0.3, -0.25) is 4.98 Å². The monoisotopic (exact) mass is 522 g/mol. The fourth-order valence-electron chi connectivity index (χ4n) is 5.48. The van der Waals surface area contributed by atoms with Crippen LogP contribution in [0.3, 0.4) is 0 Å². The van der Waals surface area contributed by atoms with Gasteiger partial charge >= 0.3 is 0 Å². The van der Waals surface area contributed by atoms with Crippen LogP contribution in [0.2, 0.25) is 0 Å². The normalized spacial score (nSPS) is 13.4. The average molecular weight is 523 g/mol. The Kier molecular flexibility index (Phi) is 6.48. The third-order valence-corrected chi connectivity index (χ3v) is 7.54. The van der Waals surface area contributed by atoms with Gasteiger partial charge in [0.1, 0.15) is 11.8 Å². The number of rotatable bonds is 6. The van der Waals surface area contributed by atoms with Crippen molar-refractivity contribution in [3.05, 3.63) is 128 Å². The highest BCUT2D eigenvalue weighted by Gasteiger charge is 2.16. The first-order valence-electron chi connectivity index (χ1n) is 13.8. The third kappa shape index (κ3) is 4.72. The number of piperazine rings is 1. The van der Waals surface area contributed by atoms with E-state index in [1.807, 2.05) is 24.6 Å². The second-order valence-electron chi connectivity index (χ2n) is 10.1.